The fourth-order valence-electron chi connectivity index (χ4n) is 2.98. The van der Waals surface area contributed by atoms with Crippen molar-refractivity contribution in [2.45, 2.75) is 51.2 Å². The summed E-state index contributed by atoms with van der Waals surface area (Å²) >= 11 is 6.01. The van der Waals surface area contributed by atoms with Gasteiger partial charge in [-0.2, -0.15) is 0 Å². The van der Waals surface area contributed by atoms with Crippen LogP contribution in [0.1, 0.15) is 49.9 Å². The van der Waals surface area contributed by atoms with E-state index >= 15 is 0 Å². The molecule has 1 aliphatic heterocycles. The van der Waals surface area contributed by atoms with Crippen molar-refractivity contribution >= 4 is 23.3 Å². The molecule has 1 fully saturated rings. The molecule has 2 N–H and O–H groups in total. The zero-order valence-electron chi connectivity index (χ0n) is 12.5. The maximum absolute atomic E-state index is 11.4. The Morgan fingerprint density at radius 1 is 1.48 bits per heavy atom. The quantitative estimate of drug-likeness (QED) is 0.856. The highest BCUT2D eigenvalue weighted by Crippen LogP contribution is 2.34. The largest absolute Gasteiger partial charge is 0.478 e. The first-order valence-electron chi connectivity index (χ1n) is 7.43. The van der Waals surface area contributed by atoms with Crippen LogP contribution in [0, 0.1) is 0 Å². The zero-order valence-corrected chi connectivity index (χ0v) is 13.2. The van der Waals surface area contributed by atoms with Crippen LogP contribution in [0.3, 0.4) is 0 Å². The van der Waals surface area contributed by atoms with Crippen LogP contribution in [-0.4, -0.2) is 29.3 Å². The molecule has 1 atom stereocenters. The van der Waals surface area contributed by atoms with Crippen molar-refractivity contribution in [3.05, 3.63) is 28.8 Å². The summed E-state index contributed by atoms with van der Waals surface area (Å²) < 4.78 is 5.95. The van der Waals surface area contributed by atoms with E-state index in [1.165, 1.54) is 0 Å². The monoisotopic (exact) mass is 311 g/mol. The summed E-state index contributed by atoms with van der Waals surface area (Å²) in [7, 11) is 0. The van der Waals surface area contributed by atoms with Crippen molar-refractivity contribution in [1.82, 2.24) is 0 Å². The summed E-state index contributed by atoms with van der Waals surface area (Å²) in [5, 5.41) is 12.9. The SMILES string of the molecule is CCC1(CC)CC(Nc2cccc(Cl)c2C(=O)O)CCO1. The van der Waals surface area contributed by atoms with E-state index in [1.54, 1.807) is 18.2 Å². The molecule has 0 aliphatic carbocycles. The van der Waals surface area contributed by atoms with Crippen molar-refractivity contribution in [3.63, 3.8) is 0 Å². The fourth-order valence-corrected chi connectivity index (χ4v) is 3.23. The van der Waals surface area contributed by atoms with Gasteiger partial charge in [-0.25, -0.2) is 4.79 Å². The number of anilines is 1. The van der Waals surface area contributed by atoms with E-state index < -0.39 is 5.97 Å². The Morgan fingerprint density at radius 2 is 2.19 bits per heavy atom. The van der Waals surface area contributed by atoms with E-state index in [1.807, 2.05) is 0 Å². The summed E-state index contributed by atoms with van der Waals surface area (Å²) in [6.07, 6.45) is 3.67. The molecule has 5 heteroatoms. The molecule has 2 rings (SSSR count). The third-order valence-electron chi connectivity index (χ3n) is 4.37. The number of carboxylic acids is 1. The molecule has 1 aromatic carbocycles. The molecule has 0 radical (unpaired) electrons. The summed E-state index contributed by atoms with van der Waals surface area (Å²) in [6, 6.07) is 5.34. The Hall–Kier alpha value is -1.26. The molecular formula is C16H22ClNO3. The van der Waals surface area contributed by atoms with Gasteiger partial charge >= 0.3 is 5.97 Å². The minimum atomic E-state index is -1.01. The molecule has 116 valence electrons. The van der Waals surface area contributed by atoms with Crippen LogP contribution in [0.4, 0.5) is 5.69 Å². The number of carboxylic acid groups (broad SMARTS) is 1. The van der Waals surface area contributed by atoms with Gasteiger partial charge in [-0.15, -0.1) is 0 Å². The highest BCUT2D eigenvalue weighted by Gasteiger charge is 2.34. The number of ether oxygens (including phenoxy) is 1. The zero-order chi connectivity index (χ0) is 15.5. The van der Waals surface area contributed by atoms with Crippen LogP contribution in [0.2, 0.25) is 5.02 Å². The van der Waals surface area contributed by atoms with Crippen molar-refractivity contribution in [3.8, 4) is 0 Å². The summed E-state index contributed by atoms with van der Waals surface area (Å²) in [4.78, 5) is 11.4. The molecule has 0 saturated carbocycles. The van der Waals surface area contributed by atoms with Crippen LogP contribution in [0.5, 0.6) is 0 Å². The average Bonchev–Trinajstić information content (AvgIpc) is 2.47. The molecule has 1 aromatic rings. The van der Waals surface area contributed by atoms with Crippen LogP contribution >= 0.6 is 11.6 Å². The first kappa shape index (κ1) is 16.1. The number of rotatable bonds is 5. The Morgan fingerprint density at radius 3 is 2.81 bits per heavy atom. The van der Waals surface area contributed by atoms with Gasteiger partial charge in [-0.1, -0.05) is 31.5 Å². The minimum absolute atomic E-state index is 0.0993. The number of nitrogens with one attached hydrogen (secondary N) is 1. The lowest BCUT2D eigenvalue weighted by atomic mass is 9.85. The van der Waals surface area contributed by atoms with Crippen molar-refractivity contribution < 1.29 is 14.6 Å². The Bertz CT molecular complexity index is 514. The molecule has 0 spiro atoms. The second-order valence-electron chi connectivity index (χ2n) is 5.54. The number of halogens is 1. The van der Waals surface area contributed by atoms with E-state index in [0.29, 0.717) is 12.3 Å². The van der Waals surface area contributed by atoms with E-state index in [-0.39, 0.29) is 22.2 Å². The van der Waals surface area contributed by atoms with Crippen molar-refractivity contribution in [1.29, 1.82) is 0 Å². The molecule has 4 nitrogen and oxygen atoms in total. The Kier molecular flexibility index (Phi) is 5.12. The molecule has 1 aliphatic rings. The lowest BCUT2D eigenvalue weighted by molar-refractivity contribution is -0.0864. The van der Waals surface area contributed by atoms with Crippen LogP contribution < -0.4 is 5.32 Å². The number of benzene rings is 1. The summed E-state index contributed by atoms with van der Waals surface area (Å²) in [6.45, 7) is 4.96. The summed E-state index contributed by atoms with van der Waals surface area (Å²) in [5.41, 5.74) is 0.630. The first-order chi connectivity index (χ1) is 10.0. The predicted molar refractivity (Wildman–Crippen MR) is 84.3 cm³/mol. The van der Waals surface area contributed by atoms with Crippen molar-refractivity contribution in [2.24, 2.45) is 0 Å². The fraction of sp³-hybridized carbons (Fsp3) is 0.562. The first-order valence-corrected chi connectivity index (χ1v) is 7.81. The predicted octanol–water partition coefficient (Wildman–Crippen LogP) is 4.19. The maximum Gasteiger partial charge on any atom is 0.339 e. The van der Waals surface area contributed by atoms with Crippen LogP contribution in [0.25, 0.3) is 0 Å². The third kappa shape index (κ3) is 3.50. The van der Waals surface area contributed by atoms with Gasteiger partial charge < -0.3 is 15.2 Å². The second-order valence-corrected chi connectivity index (χ2v) is 5.95. The van der Waals surface area contributed by atoms with Gasteiger partial charge in [0.2, 0.25) is 0 Å². The highest BCUT2D eigenvalue weighted by molar-refractivity contribution is 6.34. The van der Waals surface area contributed by atoms with E-state index in [0.717, 1.165) is 25.7 Å². The molecular weight excluding hydrogens is 290 g/mol. The lowest BCUT2D eigenvalue weighted by Crippen LogP contribution is -2.43. The van der Waals surface area contributed by atoms with Gasteiger partial charge in [0.25, 0.3) is 0 Å². The Balaban J connectivity index is 2.19. The lowest BCUT2D eigenvalue weighted by Gasteiger charge is -2.40. The number of carbonyl (C=O) groups is 1. The van der Waals surface area contributed by atoms with E-state index in [4.69, 9.17) is 16.3 Å². The molecule has 0 amide bonds. The minimum Gasteiger partial charge on any atom is -0.478 e. The van der Waals surface area contributed by atoms with Gasteiger partial charge in [-0.05, 0) is 37.8 Å². The normalized spacial score (nSPS) is 21.0. The average molecular weight is 312 g/mol. The standard InChI is InChI=1S/C16H22ClNO3/c1-3-16(4-2)10-11(8-9-21-16)18-13-7-5-6-12(17)14(13)15(19)20/h5-7,11,18H,3-4,8-10H2,1-2H3,(H,19,20). The number of hydrogen-bond donors (Lipinski definition) is 2. The topological polar surface area (TPSA) is 58.6 Å². The van der Waals surface area contributed by atoms with Crippen LogP contribution in [-0.2, 0) is 4.74 Å². The highest BCUT2D eigenvalue weighted by atomic mass is 35.5. The van der Waals surface area contributed by atoms with Crippen LogP contribution in [0.15, 0.2) is 18.2 Å². The van der Waals surface area contributed by atoms with E-state index in [9.17, 15) is 9.90 Å². The number of aromatic carboxylic acids is 1. The molecule has 1 unspecified atom stereocenters. The van der Waals surface area contributed by atoms with Gasteiger partial charge in [0, 0.05) is 12.6 Å². The molecule has 1 heterocycles. The molecule has 0 aromatic heterocycles. The van der Waals surface area contributed by atoms with Crippen molar-refractivity contribution in [2.75, 3.05) is 11.9 Å². The Labute approximate surface area is 130 Å². The number of hydrogen-bond acceptors (Lipinski definition) is 3. The second kappa shape index (κ2) is 6.67. The maximum atomic E-state index is 11.4. The molecule has 21 heavy (non-hydrogen) atoms. The third-order valence-corrected chi connectivity index (χ3v) is 4.68. The summed E-state index contributed by atoms with van der Waals surface area (Å²) in [5.74, 6) is -1.01. The smallest absolute Gasteiger partial charge is 0.339 e. The van der Waals surface area contributed by atoms with Gasteiger partial charge in [0.15, 0.2) is 0 Å². The molecule has 0 bridgehead atoms. The van der Waals surface area contributed by atoms with E-state index in [2.05, 4.69) is 19.2 Å². The van der Waals surface area contributed by atoms with Gasteiger partial charge in [-0.3, -0.25) is 0 Å². The van der Waals surface area contributed by atoms with Gasteiger partial charge in [0.1, 0.15) is 5.56 Å². The molecule has 1 saturated heterocycles. The van der Waals surface area contributed by atoms with Gasteiger partial charge in [0.05, 0.1) is 16.3 Å².